The monoisotopic (exact) mass is 257 g/mol. The van der Waals surface area contributed by atoms with Crippen LogP contribution in [0.2, 0.25) is 0 Å². The molecule has 98 valence electrons. The Labute approximate surface area is 111 Å². The van der Waals surface area contributed by atoms with E-state index in [1.807, 2.05) is 30.3 Å². The number of nitrogens with zero attached hydrogens (tertiary/aromatic N) is 1. The molecule has 4 heteroatoms. The first-order valence-electron chi connectivity index (χ1n) is 5.93. The smallest absolute Gasteiger partial charge is 0.339 e. The van der Waals surface area contributed by atoms with Crippen molar-refractivity contribution in [2.24, 2.45) is 7.05 Å². The van der Waals surface area contributed by atoms with Gasteiger partial charge in [-0.1, -0.05) is 30.3 Å². The van der Waals surface area contributed by atoms with Crippen LogP contribution in [0, 0.1) is 0 Å². The van der Waals surface area contributed by atoms with Crippen LogP contribution in [0.4, 0.5) is 0 Å². The molecule has 2 rings (SSSR count). The molecule has 0 fully saturated rings. The first-order valence-corrected chi connectivity index (χ1v) is 5.93. The molecule has 1 aromatic heterocycles. The molecule has 0 radical (unpaired) electrons. The number of aryl methyl sites for hydroxylation is 1. The summed E-state index contributed by atoms with van der Waals surface area (Å²) in [6.07, 6.45) is 1.92. The van der Waals surface area contributed by atoms with Gasteiger partial charge in [-0.05, 0) is 11.6 Å². The molecule has 0 spiro atoms. The average molecular weight is 257 g/mol. The highest BCUT2D eigenvalue weighted by Crippen LogP contribution is 2.12. The standard InChI is InChI=1S/C15H15NO3/c1-16-10-12(15(18)19-2)9-13(16)14(17)8-11-6-4-3-5-7-11/h3-7,9-10H,8H2,1-2H3. The number of ether oxygens (including phenoxy) is 1. The third kappa shape index (κ3) is 2.91. The van der Waals surface area contributed by atoms with Crippen molar-refractivity contribution < 1.29 is 14.3 Å². The molecule has 19 heavy (non-hydrogen) atoms. The number of rotatable bonds is 4. The SMILES string of the molecule is COC(=O)c1cc(C(=O)Cc2ccccc2)n(C)c1. The Kier molecular flexibility index (Phi) is 3.80. The number of carbonyl (C=O) groups excluding carboxylic acids is 2. The fourth-order valence-corrected chi connectivity index (χ4v) is 1.94. The van der Waals surface area contributed by atoms with Gasteiger partial charge in [0.25, 0.3) is 0 Å². The summed E-state index contributed by atoms with van der Waals surface area (Å²) in [5.74, 6) is -0.460. The largest absolute Gasteiger partial charge is 0.465 e. The van der Waals surface area contributed by atoms with Crippen LogP contribution >= 0.6 is 0 Å². The molecule has 0 aliphatic heterocycles. The maximum absolute atomic E-state index is 12.2. The minimum absolute atomic E-state index is 0.0242. The highest BCUT2D eigenvalue weighted by molar-refractivity contribution is 5.99. The molecule has 0 N–H and O–H groups in total. The summed E-state index contributed by atoms with van der Waals surface area (Å²) in [6, 6.07) is 11.1. The molecule has 0 saturated heterocycles. The lowest BCUT2D eigenvalue weighted by atomic mass is 10.1. The van der Waals surface area contributed by atoms with E-state index in [1.165, 1.54) is 7.11 Å². The first kappa shape index (κ1) is 13.1. The number of esters is 1. The first-order chi connectivity index (χ1) is 9.11. The van der Waals surface area contributed by atoms with E-state index in [4.69, 9.17) is 0 Å². The van der Waals surface area contributed by atoms with Gasteiger partial charge in [0.1, 0.15) is 0 Å². The predicted molar refractivity (Wildman–Crippen MR) is 71.2 cm³/mol. The van der Waals surface area contributed by atoms with Gasteiger partial charge in [0.05, 0.1) is 18.4 Å². The fraction of sp³-hybridized carbons (Fsp3) is 0.200. The molecule has 0 aliphatic carbocycles. The molecule has 2 aromatic rings. The van der Waals surface area contributed by atoms with Crippen molar-refractivity contribution in [2.45, 2.75) is 6.42 Å². The van der Waals surface area contributed by atoms with Crippen LogP contribution in [0.15, 0.2) is 42.6 Å². The lowest BCUT2D eigenvalue weighted by Gasteiger charge is -2.02. The third-order valence-corrected chi connectivity index (χ3v) is 2.92. The molecule has 0 unspecified atom stereocenters. The summed E-state index contributed by atoms with van der Waals surface area (Å²) in [7, 11) is 3.06. The Morgan fingerprint density at radius 1 is 1.21 bits per heavy atom. The maximum Gasteiger partial charge on any atom is 0.339 e. The summed E-state index contributed by atoms with van der Waals surface area (Å²) in [5.41, 5.74) is 1.85. The molecule has 0 bridgehead atoms. The lowest BCUT2D eigenvalue weighted by Crippen LogP contribution is -2.08. The number of Topliss-reactive ketones (excluding diaryl/α,β-unsaturated/α-hetero) is 1. The van der Waals surface area contributed by atoms with Crippen LogP contribution in [0.3, 0.4) is 0 Å². The zero-order chi connectivity index (χ0) is 13.8. The normalized spacial score (nSPS) is 10.2. The van der Waals surface area contributed by atoms with Crippen molar-refractivity contribution in [1.82, 2.24) is 4.57 Å². The number of hydrogen-bond acceptors (Lipinski definition) is 3. The Morgan fingerprint density at radius 3 is 2.53 bits per heavy atom. The molecular weight excluding hydrogens is 242 g/mol. The lowest BCUT2D eigenvalue weighted by molar-refractivity contribution is 0.0600. The van der Waals surface area contributed by atoms with Crippen LogP contribution < -0.4 is 0 Å². The van der Waals surface area contributed by atoms with Crippen LogP contribution in [0.1, 0.15) is 26.4 Å². The summed E-state index contributed by atoms with van der Waals surface area (Å²) in [4.78, 5) is 23.6. The Bertz CT molecular complexity index is 599. The van der Waals surface area contributed by atoms with Crippen LogP contribution in [0.25, 0.3) is 0 Å². The van der Waals surface area contributed by atoms with Crippen LogP contribution in [-0.2, 0) is 18.2 Å². The Balaban J connectivity index is 2.20. The van der Waals surface area contributed by atoms with E-state index in [9.17, 15) is 9.59 Å². The van der Waals surface area contributed by atoms with Gasteiger partial charge in [0, 0.05) is 19.7 Å². The van der Waals surface area contributed by atoms with E-state index in [1.54, 1.807) is 23.9 Å². The molecule has 0 saturated carbocycles. The van der Waals surface area contributed by atoms with Crippen molar-refractivity contribution in [2.75, 3.05) is 7.11 Å². The average Bonchev–Trinajstić information content (AvgIpc) is 2.81. The van der Waals surface area contributed by atoms with Gasteiger partial charge in [0.15, 0.2) is 5.78 Å². The number of benzene rings is 1. The second kappa shape index (κ2) is 5.52. The van der Waals surface area contributed by atoms with E-state index in [2.05, 4.69) is 4.74 Å². The predicted octanol–water partition coefficient (Wildman–Crippen LogP) is 2.24. The van der Waals surface area contributed by atoms with Crippen molar-refractivity contribution in [3.05, 3.63) is 59.4 Å². The van der Waals surface area contributed by atoms with Gasteiger partial charge in [-0.3, -0.25) is 4.79 Å². The van der Waals surface area contributed by atoms with Gasteiger partial charge in [-0.25, -0.2) is 4.79 Å². The van der Waals surface area contributed by atoms with Crippen molar-refractivity contribution in [1.29, 1.82) is 0 Å². The number of carbonyl (C=O) groups is 2. The third-order valence-electron chi connectivity index (χ3n) is 2.92. The Morgan fingerprint density at radius 2 is 1.89 bits per heavy atom. The second-order valence-corrected chi connectivity index (χ2v) is 4.30. The number of aromatic nitrogens is 1. The van der Waals surface area contributed by atoms with Crippen molar-refractivity contribution in [3.63, 3.8) is 0 Å². The topological polar surface area (TPSA) is 48.3 Å². The van der Waals surface area contributed by atoms with Crippen LogP contribution in [0.5, 0.6) is 0 Å². The minimum atomic E-state index is -0.436. The summed E-state index contributed by atoms with van der Waals surface area (Å²) in [5, 5.41) is 0. The van der Waals surface area contributed by atoms with Crippen molar-refractivity contribution in [3.8, 4) is 0 Å². The molecular formula is C15H15NO3. The maximum atomic E-state index is 12.2. The molecule has 0 atom stereocenters. The fourth-order valence-electron chi connectivity index (χ4n) is 1.94. The second-order valence-electron chi connectivity index (χ2n) is 4.30. The Hall–Kier alpha value is -2.36. The van der Waals surface area contributed by atoms with E-state index < -0.39 is 5.97 Å². The highest BCUT2D eigenvalue weighted by Gasteiger charge is 2.16. The van der Waals surface area contributed by atoms with Gasteiger partial charge in [-0.15, -0.1) is 0 Å². The van der Waals surface area contributed by atoms with Gasteiger partial charge in [-0.2, -0.15) is 0 Å². The molecule has 4 nitrogen and oxygen atoms in total. The van der Waals surface area contributed by atoms with Crippen molar-refractivity contribution >= 4 is 11.8 Å². The summed E-state index contributed by atoms with van der Waals surface area (Å²) >= 11 is 0. The summed E-state index contributed by atoms with van der Waals surface area (Å²) < 4.78 is 6.29. The highest BCUT2D eigenvalue weighted by atomic mass is 16.5. The molecule has 1 aromatic carbocycles. The number of hydrogen-bond donors (Lipinski definition) is 0. The number of ketones is 1. The van der Waals surface area contributed by atoms with E-state index in [0.717, 1.165) is 5.56 Å². The van der Waals surface area contributed by atoms with Gasteiger partial charge in [0.2, 0.25) is 0 Å². The van der Waals surface area contributed by atoms with Gasteiger partial charge < -0.3 is 9.30 Å². The zero-order valence-corrected chi connectivity index (χ0v) is 10.9. The van der Waals surface area contributed by atoms with Gasteiger partial charge >= 0.3 is 5.97 Å². The number of methoxy groups -OCH3 is 1. The molecule has 0 amide bonds. The molecule has 1 heterocycles. The summed E-state index contributed by atoms with van der Waals surface area (Å²) in [6.45, 7) is 0. The quantitative estimate of drug-likeness (QED) is 0.623. The van der Waals surface area contributed by atoms with E-state index in [-0.39, 0.29) is 5.78 Å². The zero-order valence-electron chi connectivity index (χ0n) is 10.9. The van der Waals surface area contributed by atoms with E-state index in [0.29, 0.717) is 17.7 Å². The molecule has 0 aliphatic rings. The van der Waals surface area contributed by atoms with Crippen LogP contribution in [-0.4, -0.2) is 23.4 Å². The van der Waals surface area contributed by atoms with E-state index >= 15 is 0 Å². The minimum Gasteiger partial charge on any atom is -0.465 e.